The minimum atomic E-state index is -0.485. The molecular formula is C23H22BrClN6O2. The van der Waals surface area contributed by atoms with Gasteiger partial charge < -0.3 is 10.6 Å². The fourth-order valence-electron chi connectivity index (χ4n) is 3.22. The number of pyridine rings is 1. The summed E-state index contributed by atoms with van der Waals surface area (Å²) < 4.78 is 1.76. The van der Waals surface area contributed by atoms with Crippen LogP contribution in [0.3, 0.4) is 0 Å². The lowest BCUT2D eigenvalue weighted by molar-refractivity contribution is 0.0956. The molecule has 2 amide bonds. The average molecular weight is 530 g/mol. The molecule has 3 aromatic rings. The van der Waals surface area contributed by atoms with Gasteiger partial charge in [-0.25, -0.2) is 9.67 Å². The molecule has 0 aliphatic heterocycles. The van der Waals surface area contributed by atoms with Crippen molar-refractivity contribution in [1.82, 2.24) is 20.1 Å². The van der Waals surface area contributed by atoms with Crippen molar-refractivity contribution in [3.05, 3.63) is 68.5 Å². The quantitative estimate of drug-likeness (QED) is 0.490. The molecule has 0 saturated carbocycles. The van der Waals surface area contributed by atoms with E-state index in [2.05, 4.69) is 42.7 Å². The van der Waals surface area contributed by atoms with Crippen molar-refractivity contribution in [2.75, 3.05) is 11.9 Å². The number of rotatable bonds is 5. The third-order valence-corrected chi connectivity index (χ3v) is 5.85. The molecule has 0 fully saturated rings. The number of hydrogen-bond donors (Lipinski definition) is 2. The number of anilines is 1. The van der Waals surface area contributed by atoms with E-state index >= 15 is 0 Å². The second kappa shape index (κ2) is 9.73. The van der Waals surface area contributed by atoms with Crippen LogP contribution in [-0.2, 0) is 5.41 Å². The summed E-state index contributed by atoms with van der Waals surface area (Å²) in [5.41, 5.74) is 1.31. The summed E-state index contributed by atoms with van der Waals surface area (Å²) in [5.74, 6) is -0.506. The Kier molecular flexibility index (Phi) is 7.20. The first-order valence-electron chi connectivity index (χ1n) is 10.1. The largest absolute Gasteiger partial charge is 0.352 e. The number of amides is 2. The third-order valence-electron chi connectivity index (χ3n) is 4.79. The minimum Gasteiger partial charge on any atom is -0.352 e. The summed E-state index contributed by atoms with van der Waals surface area (Å²) >= 11 is 9.63. The number of aromatic nitrogens is 3. The molecule has 33 heavy (non-hydrogen) atoms. The number of nitrogens with one attached hydrogen (secondary N) is 2. The zero-order chi connectivity index (χ0) is 24.3. The Bertz CT molecular complexity index is 1270. The van der Waals surface area contributed by atoms with Gasteiger partial charge in [0.25, 0.3) is 11.8 Å². The predicted octanol–water partition coefficient (Wildman–Crippen LogP) is 4.85. The van der Waals surface area contributed by atoms with Gasteiger partial charge >= 0.3 is 0 Å². The van der Waals surface area contributed by atoms with Crippen molar-refractivity contribution in [3.63, 3.8) is 0 Å². The molecule has 0 spiro atoms. The van der Waals surface area contributed by atoms with E-state index in [0.717, 1.165) is 0 Å². The first kappa shape index (κ1) is 24.4. The van der Waals surface area contributed by atoms with E-state index in [1.165, 1.54) is 16.9 Å². The first-order chi connectivity index (χ1) is 15.6. The number of benzene rings is 1. The van der Waals surface area contributed by atoms with Gasteiger partial charge in [0, 0.05) is 12.7 Å². The van der Waals surface area contributed by atoms with Crippen LogP contribution in [0.4, 0.5) is 5.69 Å². The van der Waals surface area contributed by atoms with E-state index < -0.39 is 11.3 Å². The molecule has 2 heterocycles. The van der Waals surface area contributed by atoms with Crippen molar-refractivity contribution in [2.45, 2.75) is 33.1 Å². The summed E-state index contributed by atoms with van der Waals surface area (Å²) in [7, 11) is 0. The molecular weight excluding hydrogens is 508 g/mol. The Balaban J connectivity index is 2.10. The molecule has 0 atom stereocenters. The van der Waals surface area contributed by atoms with Crippen LogP contribution in [0.5, 0.6) is 0 Å². The molecule has 2 N–H and O–H groups in total. The lowest BCUT2D eigenvalue weighted by atomic mass is 9.83. The number of hydrogen-bond acceptors (Lipinski definition) is 5. The smallest absolute Gasteiger partial charge is 0.260 e. The lowest BCUT2D eigenvalue weighted by Crippen LogP contribution is -2.27. The molecule has 0 aliphatic carbocycles. The van der Waals surface area contributed by atoms with E-state index in [4.69, 9.17) is 11.6 Å². The normalized spacial score (nSPS) is 11.1. The van der Waals surface area contributed by atoms with Crippen molar-refractivity contribution in [3.8, 4) is 11.9 Å². The Morgan fingerprint density at radius 3 is 2.58 bits per heavy atom. The van der Waals surface area contributed by atoms with Gasteiger partial charge in [-0.3, -0.25) is 9.59 Å². The monoisotopic (exact) mass is 528 g/mol. The Morgan fingerprint density at radius 2 is 1.97 bits per heavy atom. The van der Waals surface area contributed by atoms with Crippen LogP contribution in [-0.4, -0.2) is 33.1 Å². The number of halogens is 2. The lowest BCUT2D eigenvalue weighted by Gasteiger charge is -2.25. The molecule has 8 nitrogen and oxygen atoms in total. The van der Waals surface area contributed by atoms with Gasteiger partial charge in [0.15, 0.2) is 5.82 Å². The Hall–Kier alpha value is -3.22. The average Bonchev–Trinajstić information content (AvgIpc) is 3.14. The number of carbonyl (C=O) groups excluding carboxylic acids is 2. The van der Waals surface area contributed by atoms with Crippen LogP contribution >= 0.6 is 27.5 Å². The molecule has 3 rings (SSSR count). The van der Waals surface area contributed by atoms with Crippen LogP contribution in [0.2, 0.25) is 5.02 Å². The summed E-state index contributed by atoms with van der Waals surface area (Å²) in [6, 6.07) is 8.61. The highest BCUT2D eigenvalue weighted by Gasteiger charge is 2.27. The zero-order valence-electron chi connectivity index (χ0n) is 18.5. The Morgan fingerprint density at radius 1 is 1.24 bits per heavy atom. The highest BCUT2D eigenvalue weighted by atomic mass is 79.9. The fourth-order valence-corrected chi connectivity index (χ4v) is 3.96. The maximum atomic E-state index is 13.3. The molecule has 0 aliphatic rings. The second-order valence-electron chi connectivity index (χ2n) is 8.19. The van der Waals surface area contributed by atoms with Crippen molar-refractivity contribution in [1.29, 1.82) is 5.26 Å². The standard InChI is InChI=1S/C23H22BrClN6O2/c1-5-27-21(32)14-9-13(11-26)10-16(23(2,3)4)18(14)30-22(33)15-12-29-31(19(15)24)20-17(25)7-6-8-28-20/h6-10,12H,5H2,1-4H3,(H,27,32)(H,30,33). The van der Waals surface area contributed by atoms with E-state index in [1.54, 1.807) is 31.3 Å². The molecule has 10 heteroatoms. The molecule has 0 radical (unpaired) electrons. The van der Waals surface area contributed by atoms with Crippen molar-refractivity contribution in [2.24, 2.45) is 0 Å². The Labute approximate surface area is 205 Å². The third kappa shape index (κ3) is 5.07. The van der Waals surface area contributed by atoms with Gasteiger partial charge in [-0.15, -0.1) is 0 Å². The molecule has 0 bridgehead atoms. The van der Waals surface area contributed by atoms with Gasteiger partial charge in [0.1, 0.15) is 4.60 Å². The van der Waals surface area contributed by atoms with Gasteiger partial charge in [-0.2, -0.15) is 10.4 Å². The highest BCUT2D eigenvalue weighted by Crippen LogP contribution is 2.34. The van der Waals surface area contributed by atoms with E-state index in [1.807, 2.05) is 20.8 Å². The zero-order valence-corrected chi connectivity index (χ0v) is 20.9. The number of nitrogens with zero attached hydrogens (tertiary/aromatic N) is 4. The van der Waals surface area contributed by atoms with Gasteiger partial charge in [-0.1, -0.05) is 32.4 Å². The number of carbonyl (C=O) groups is 2. The fraction of sp³-hybridized carbons (Fsp3) is 0.261. The second-order valence-corrected chi connectivity index (χ2v) is 9.35. The number of nitriles is 1. The van der Waals surface area contributed by atoms with Gasteiger partial charge in [0.2, 0.25) is 0 Å². The van der Waals surface area contributed by atoms with E-state index in [0.29, 0.717) is 38.8 Å². The molecule has 0 saturated heterocycles. The SMILES string of the molecule is CCNC(=O)c1cc(C#N)cc(C(C)(C)C)c1NC(=O)c1cnn(-c2ncccc2Cl)c1Br. The summed E-state index contributed by atoms with van der Waals surface area (Å²) in [6.45, 7) is 8.02. The van der Waals surface area contributed by atoms with Crippen LogP contribution in [0, 0.1) is 11.3 Å². The van der Waals surface area contributed by atoms with Crippen molar-refractivity contribution >= 4 is 45.0 Å². The topological polar surface area (TPSA) is 113 Å². The van der Waals surface area contributed by atoms with E-state index in [-0.39, 0.29) is 17.0 Å². The van der Waals surface area contributed by atoms with Crippen LogP contribution in [0.1, 0.15) is 59.5 Å². The maximum absolute atomic E-state index is 13.3. The molecule has 0 unspecified atom stereocenters. The summed E-state index contributed by atoms with van der Waals surface area (Å²) in [4.78, 5) is 30.3. The molecule has 2 aromatic heterocycles. The minimum absolute atomic E-state index is 0.213. The summed E-state index contributed by atoms with van der Waals surface area (Å²) in [6.07, 6.45) is 2.96. The highest BCUT2D eigenvalue weighted by molar-refractivity contribution is 9.10. The van der Waals surface area contributed by atoms with Crippen LogP contribution in [0.25, 0.3) is 5.82 Å². The first-order valence-corrected chi connectivity index (χ1v) is 11.3. The predicted molar refractivity (Wildman–Crippen MR) is 130 cm³/mol. The molecule has 170 valence electrons. The van der Waals surface area contributed by atoms with Gasteiger partial charge in [-0.05, 0) is 58.1 Å². The van der Waals surface area contributed by atoms with Gasteiger partial charge in [0.05, 0.1) is 39.7 Å². The van der Waals surface area contributed by atoms with Crippen molar-refractivity contribution < 1.29 is 9.59 Å². The van der Waals surface area contributed by atoms with Crippen LogP contribution < -0.4 is 10.6 Å². The maximum Gasteiger partial charge on any atom is 0.260 e. The van der Waals surface area contributed by atoms with E-state index in [9.17, 15) is 14.9 Å². The van der Waals surface area contributed by atoms with Crippen LogP contribution in [0.15, 0.2) is 41.3 Å². The summed E-state index contributed by atoms with van der Waals surface area (Å²) in [5, 5.41) is 19.7. The molecule has 1 aromatic carbocycles.